The Morgan fingerprint density at radius 1 is 1.67 bits per heavy atom. The number of anilines is 2. The fourth-order valence-electron chi connectivity index (χ4n) is 1.90. The zero-order valence-electron chi connectivity index (χ0n) is 9.10. The van der Waals surface area contributed by atoms with E-state index in [2.05, 4.69) is 15.3 Å². The van der Waals surface area contributed by atoms with Crippen LogP contribution in [0.25, 0.3) is 0 Å². The Labute approximate surface area is 89.0 Å². The highest BCUT2D eigenvalue weighted by atomic mass is 16.5. The molecule has 0 saturated carbocycles. The van der Waals surface area contributed by atoms with Crippen molar-refractivity contribution < 1.29 is 4.74 Å². The molecule has 0 amide bonds. The molecule has 1 unspecified atom stereocenters. The number of hydrogen-bond acceptors (Lipinski definition) is 5. The maximum Gasteiger partial charge on any atom is 0.150 e. The first-order valence-corrected chi connectivity index (χ1v) is 5.01. The lowest BCUT2D eigenvalue weighted by molar-refractivity contribution is 0.0703. The number of methoxy groups -OCH3 is 1. The topological polar surface area (TPSA) is 68.3 Å². The monoisotopic (exact) mass is 211 g/mol. The van der Waals surface area contributed by atoms with E-state index in [1.54, 1.807) is 18.0 Å². The second kappa shape index (κ2) is 4.08. The van der Waals surface area contributed by atoms with Gasteiger partial charge in [0.25, 0.3) is 0 Å². The molecule has 0 radical (unpaired) electrons. The summed E-state index contributed by atoms with van der Waals surface area (Å²) in [6.45, 7) is 2.60. The largest absolute Gasteiger partial charge is 0.394 e. The summed E-state index contributed by atoms with van der Waals surface area (Å²) in [7, 11) is 3.60. The molecular weight excluding hydrogens is 194 g/mol. The third kappa shape index (κ3) is 1.91. The van der Waals surface area contributed by atoms with E-state index in [0.29, 0.717) is 5.69 Å². The lowest BCUT2D eigenvalue weighted by atomic mass is 10.3. The van der Waals surface area contributed by atoms with Crippen LogP contribution in [0.5, 0.6) is 0 Å². The van der Waals surface area contributed by atoms with Crippen LogP contribution in [0.1, 0.15) is 0 Å². The Kier molecular flexibility index (Phi) is 2.79. The Balaban J connectivity index is 2.16. The van der Waals surface area contributed by atoms with Crippen LogP contribution in [0.15, 0.2) is 6.20 Å². The zero-order valence-corrected chi connectivity index (χ0v) is 9.10. The minimum atomic E-state index is 0.0630. The number of hydrogen-bond donors (Lipinski definition) is 2. The lowest BCUT2D eigenvalue weighted by Crippen LogP contribution is -2.52. The molecule has 1 aliphatic heterocycles. The first-order chi connectivity index (χ1) is 7.22. The Hall–Kier alpha value is -1.27. The van der Waals surface area contributed by atoms with Crippen LogP contribution in [-0.4, -0.2) is 42.8 Å². The Morgan fingerprint density at radius 2 is 2.47 bits per heavy atom. The molecule has 15 heavy (non-hydrogen) atoms. The van der Waals surface area contributed by atoms with E-state index >= 15 is 0 Å². The van der Waals surface area contributed by atoms with Gasteiger partial charge in [0.05, 0.1) is 18.4 Å². The first-order valence-electron chi connectivity index (χ1n) is 5.01. The molecule has 2 heterocycles. The molecule has 6 heteroatoms. The second-order valence-electron chi connectivity index (χ2n) is 3.67. The Morgan fingerprint density at radius 3 is 3.07 bits per heavy atom. The van der Waals surface area contributed by atoms with Crippen LogP contribution in [0, 0.1) is 0 Å². The van der Waals surface area contributed by atoms with Crippen molar-refractivity contribution in [3.8, 4) is 0 Å². The van der Waals surface area contributed by atoms with Crippen molar-refractivity contribution in [2.45, 2.75) is 6.23 Å². The maximum absolute atomic E-state index is 5.87. The highest BCUT2D eigenvalue weighted by Crippen LogP contribution is 2.22. The van der Waals surface area contributed by atoms with Gasteiger partial charge >= 0.3 is 0 Å². The van der Waals surface area contributed by atoms with Crippen molar-refractivity contribution in [2.24, 2.45) is 7.05 Å². The van der Waals surface area contributed by atoms with Crippen LogP contribution in [-0.2, 0) is 11.8 Å². The van der Waals surface area contributed by atoms with Gasteiger partial charge < -0.3 is 15.4 Å². The van der Waals surface area contributed by atoms with Gasteiger partial charge in [0.1, 0.15) is 12.0 Å². The molecule has 1 aromatic rings. The van der Waals surface area contributed by atoms with Gasteiger partial charge in [-0.2, -0.15) is 5.10 Å². The molecule has 2 rings (SSSR count). The maximum atomic E-state index is 5.87. The molecular formula is C9H17N5O. The van der Waals surface area contributed by atoms with E-state index < -0.39 is 0 Å². The lowest BCUT2D eigenvalue weighted by Gasteiger charge is -2.34. The zero-order chi connectivity index (χ0) is 10.8. The normalized spacial score (nSPS) is 22.0. The number of piperazine rings is 1. The summed E-state index contributed by atoms with van der Waals surface area (Å²) in [4.78, 5) is 2.19. The summed E-state index contributed by atoms with van der Waals surface area (Å²) < 4.78 is 7.07. The summed E-state index contributed by atoms with van der Waals surface area (Å²) in [6, 6.07) is 0. The predicted octanol–water partition coefficient (Wildman–Crippen LogP) is -0.616. The third-order valence-corrected chi connectivity index (χ3v) is 2.66. The quantitative estimate of drug-likeness (QED) is 0.682. The number of nitrogens with zero attached hydrogens (tertiary/aromatic N) is 3. The smallest absolute Gasteiger partial charge is 0.150 e. The summed E-state index contributed by atoms with van der Waals surface area (Å²) in [5, 5.41) is 7.40. The van der Waals surface area contributed by atoms with Crippen molar-refractivity contribution in [1.29, 1.82) is 0 Å². The van der Waals surface area contributed by atoms with E-state index in [1.807, 2.05) is 7.05 Å². The predicted molar refractivity (Wildman–Crippen MR) is 58.6 cm³/mol. The van der Waals surface area contributed by atoms with E-state index in [-0.39, 0.29) is 6.23 Å². The van der Waals surface area contributed by atoms with Gasteiger partial charge in [0, 0.05) is 27.2 Å². The summed E-state index contributed by atoms with van der Waals surface area (Å²) in [6.07, 6.45) is 1.74. The van der Waals surface area contributed by atoms with Crippen molar-refractivity contribution in [2.75, 3.05) is 37.4 Å². The number of nitrogen functional groups attached to an aromatic ring is 1. The van der Waals surface area contributed by atoms with Crippen LogP contribution in [0.2, 0.25) is 0 Å². The van der Waals surface area contributed by atoms with Crippen molar-refractivity contribution >= 4 is 11.5 Å². The highest BCUT2D eigenvalue weighted by molar-refractivity contribution is 5.62. The molecule has 6 nitrogen and oxygen atoms in total. The van der Waals surface area contributed by atoms with Crippen LogP contribution >= 0.6 is 0 Å². The van der Waals surface area contributed by atoms with E-state index in [1.165, 1.54) is 0 Å². The summed E-state index contributed by atoms with van der Waals surface area (Å²) >= 11 is 0. The van der Waals surface area contributed by atoms with Crippen molar-refractivity contribution in [1.82, 2.24) is 15.1 Å². The molecule has 0 aromatic carbocycles. The van der Waals surface area contributed by atoms with Gasteiger partial charge in [0.15, 0.2) is 0 Å². The third-order valence-electron chi connectivity index (χ3n) is 2.66. The first kappa shape index (κ1) is 10.3. The minimum absolute atomic E-state index is 0.0630. The SMILES string of the molecule is COC1CN(c2c(N)cnn2C)CCN1. The average Bonchev–Trinajstić information content (AvgIpc) is 2.59. The molecule has 1 saturated heterocycles. The second-order valence-corrected chi connectivity index (χ2v) is 3.67. The molecule has 0 spiro atoms. The minimum Gasteiger partial charge on any atom is -0.394 e. The van der Waals surface area contributed by atoms with Gasteiger partial charge in [0.2, 0.25) is 0 Å². The summed E-state index contributed by atoms with van der Waals surface area (Å²) in [5.41, 5.74) is 6.59. The molecule has 1 aromatic heterocycles. The van der Waals surface area contributed by atoms with Crippen molar-refractivity contribution in [3.05, 3.63) is 6.20 Å². The van der Waals surface area contributed by atoms with E-state index in [0.717, 1.165) is 25.5 Å². The van der Waals surface area contributed by atoms with Gasteiger partial charge in [-0.1, -0.05) is 0 Å². The molecule has 3 N–H and O–H groups in total. The van der Waals surface area contributed by atoms with Gasteiger partial charge in [-0.25, -0.2) is 0 Å². The van der Waals surface area contributed by atoms with E-state index in [4.69, 9.17) is 10.5 Å². The molecule has 1 atom stereocenters. The van der Waals surface area contributed by atoms with Crippen molar-refractivity contribution in [3.63, 3.8) is 0 Å². The number of ether oxygens (including phenoxy) is 1. The Bertz CT molecular complexity index is 318. The standard InChI is InChI=1S/C9H17N5O/c1-13-9(7(10)5-12-13)14-4-3-11-8(6-14)15-2/h5,8,11H,3-4,6,10H2,1-2H3. The van der Waals surface area contributed by atoms with Crippen LogP contribution < -0.4 is 16.0 Å². The van der Waals surface area contributed by atoms with Crippen LogP contribution in [0.4, 0.5) is 11.5 Å². The fourth-order valence-corrected chi connectivity index (χ4v) is 1.90. The molecule has 1 aliphatic rings. The van der Waals surface area contributed by atoms with Crippen LogP contribution in [0.3, 0.4) is 0 Å². The highest BCUT2D eigenvalue weighted by Gasteiger charge is 2.22. The number of nitrogens with one attached hydrogen (secondary N) is 1. The fraction of sp³-hybridized carbons (Fsp3) is 0.667. The number of aromatic nitrogens is 2. The number of nitrogens with two attached hydrogens (primary N) is 1. The van der Waals surface area contributed by atoms with Gasteiger partial charge in [-0.15, -0.1) is 0 Å². The molecule has 84 valence electrons. The molecule has 1 fully saturated rings. The van der Waals surface area contributed by atoms with Gasteiger partial charge in [-0.3, -0.25) is 10.00 Å². The van der Waals surface area contributed by atoms with Gasteiger partial charge in [-0.05, 0) is 0 Å². The van der Waals surface area contributed by atoms with E-state index in [9.17, 15) is 0 Å². The number of aryl methyl sites for hydroxylation is 1. The average molecular weight is 211 g/mol. The summed E-state index contributed by atoms with van der Waals surface area (Å²) in [5.74, 6) is 0.971. The molecule has 0 aliphatic carbocycles. The molecule has 0 bridgehead atoms. The number of rotatable bonds is 2.